The summed E-state index contributed by atoms with van der Waals surface area (Å²) < 4.78 is 0. The molecular weight excluding hydrogens is 1190 g/mol. The van der Waals surface area contributed by atoms with Gasteiger partial charge in [-0.2, -0.15) is 0 Å². The second-order valence-corrected chi connectivity index (χ2v) is 25.7. The minimum absolute atomic E-state index is 0.913. The van der Waals surface area contributed by atoms with Crippen molar-refractivity contribution in [3.63, 3.8) is 0 Å². The smallest absolute Gasteiger partial charge is 0.0729 e. The molecule has 454 valence electrons. The molecule has 0 saturated heterocycles. The number of nitrogens with zero attached hydrogens (tertiary/aromatic N) is 4. The highest BCUT2D eigenvalue weighted by Crippen LogP contribution is 2.62. The Morgan fingerprint density at radius 1 is 0.184 bits per heavy atom. The van der Waals surface area contributed by atoms with E-state index < -0.39 is 0 Å². The molecule has 98 heavy (non-hydrogen) atoms. The highest BCUT2D eigenvalue weighted by molar-refractivity contribution is 6.31. The van der Waals surface area contributed by atoms with Crippen LogP contribution in [0, 0.1) is 0 Å². The van der Waals surface area contributed by atoms with Crippen molar-refractivity contribution in [2.45, 2.75) is 0 Å². The van der Waals surface area contributed by atoms with Gasteiger partial charge in [-0.1, -0.05) is 261 Å². The minimum Gasteiger partial charge on any atom is -0.309 e. The molecule has 0 fully saturated rings. The fourth-order valence-electron chi connectivity index (χ4n) is 16.6. The molecule has 0 atom stereocenters. The zero-order valence-electron chi connectivity index (χ0n) is 53.3. The molecule has 2 heterocycles. The largest absolute Gasteiger partial charge is 0.309 e. The summed E-state index contributed by atoms with van der Waals surface area (Å²) in [5.74, 6) is 0. The van der Waals surface area contributed by atoms with Gasteiger partial charge >= 0.3 is 0 Å². The third-order valence-electron chi connectivity index (χ3n) is 20.6. The van der Waals surface area contributed by atoms with Crippen molar-refractivity contribution >= 4 is 99.0 Å². The van der Waals surface area contributed by atoms with Crippen LogP contribution in [0.25, 0.3) is 165 Å². The van der Waals surface area contributed by atoms with E-state index in [0.717, 1.165) is 67.1 Å². The molecule has 0 radical (unpaired) electrons. The highest BCUT2D eigenvalue weighted by atomic mass is 15.2. The van der Waals surface area contributed by atoms with Crippen LogP contribution in [0.4, 0.5) is 34.1 Å². The van der Waals surface area contributed by atoms with Crippen LogP contribution in [0.1, 0.15) is 0 Å². The lowest BCUT2D eigenvalue weighted by atomic mass is 9.82. The highest BCUT2D eigenvalue weighted by Gasteiger charge is 2.35. The molecule has 4 heteroatoms. The number of pyridine rings is 2. The lowest BCUT2D eigenvalue weighted by Crippen LogP contribution is -2.11. The third kappa shape index (κ3) is 8.44. The quantitative estimate of drug-likeness (QED) is 0.129. The molecule has 0 spiro atoms. The number of fused-ring (bicyclic) bond motifs is 10. The van der Waals surface area contributed by atoms with E-state index in [1.54, 1.807) is 0 Å². The van der Waals surface area contributed by atoms with Gasteiger partial charge in [0.25, 0.3) is 0 Å². The number of rotatable bonds is 11. The SMILES string of the molecule is c1ccc(-c2c3c(c(-c4ccccc4)c4ccccc24)-c2ccc(N(c4ccccc4)c4ccnc5cc(-c6ccc7c(-c8ccccc8)c8c(c(-c9ccccc9)c7c6)-c6cccc7c(N(c9ccccc9)c9cccc%10ncccc9%10)ccc-8c67)ccc45)c4cccc-3c24)cc1. The van der Waals surface area contributed by atoms with Crippen LogP contribution in [0.15, 0.2) is 352 Å². The van der Waals surface area contributed by atoms with Gasteiger partial charge in [0.2, 0.25) is 0 Å². The molecule has 0 saturated carbocycles. The first-order valence-corrected chi connectivity index (χ1v) is 33.7. The normalized spacial score (nSPS) is 11.9. The van der Waals surface area contributed by atoms with Crippen molar-refractivity contribution in [2.24, 2.45) is 0 Å². The van der Waals surface area contributed by atoms with Gasteiger partial charge in [-0.05, 0) is 211 Å². The minimum atomic E-state index is 0.913. The van der Waals surface area contributed by atoms with E-state index >= 15 is 0 Å². The van der Waals surface area contributed by atoms with Crippen molar-refractivity contribution in [3.05, 3.63) is 352 Å². The van der Waals surface area contributed by atoms with Gasteiger partial charge in [0.15, 0.2) is 0 Å². The maximum atomic E-state index is 5.24. The Balaban J connectivity index is 0.770. The second-order valence-electron chi connectivity index (χ2n) is 25.7. The Kier molecular flexibility index (Phi) is 12.6. The molecule has 18 aromatic rings. The van der Waals surface area contributed by atoms with Crippen molar-refractivity contribution < 1.29 is 0 Å². The fraction of sp³-hybridized carbons (Fsp3) is 0. The Morgan fingerprint density at radius 2 is 0.541 bits per heavy atom. The van der Waals surface area contributed by atoms with Gasteiger partial charge in [-0.3, -0.25) is 9.97 Å². The van der Waals surface area contributed by atoms with Gasteiger partial charge in [0.1, 0.15) is 0 Å². The van der Waals surface area contributed by atoms with Crippen molar-refractivity contribution in [3.8, 4) is 100 Å². The van der Waals surface area contributed by atoms with Crippen molar-refractivity contribution in [1.29, 1.82) is 0 Å². The van der Waals surface area contributed by atoms with E-state index in [2.05, 4.69) is 343 Å². The number of anilines is 6. The zero-order chi connectivity index (χ0) is 64.4. The standard InChI is InChI=1S/C94H58N4/c1-7-25-59(26-8-1)85-67-37-19-20-38-68(67)86(60-27-9-2-10-28-60)93-76-51-53-83(73-40-21-41-74(89(73)76)91(85)93)98(66-35-17-6-18-36-66)84-54-56-96-80-58-64(47-49-71(80)84)63-46-48-69-78(57-63)88(62-31-13-4-14-32-62)92-75-42-22-39-72-82(52-50-77(90(72)75)94(92)87(69)61-29-11-3-12-30-61)97(65-33-15-5-16-34-65)81-45-23-44-79-70(81)43-24-55-95-79/h1-58H. The molecule has 0 unspecified atom stereocenters. The van der Waals surface area contributed by atoms with Crippen LogP contribution in [-0.4, -0.2) is 9.97 Å². The predicted octanol–water partition coefficient (Wildman–Crippen LogP) is 26.0. The van der Waals surface area contributed by atoms with Crippen molar-refractivity contribution in [1.82, 2.24) is 9.97 Å². The molecule has 4 nitrogen and oxygen atoms in total. The van der Waals surface area contributed by atoms with E-state index in [9.17, 15) is 0 Å². The van der Waals surface area contributed by atoms with Crippen LogP contribution in [0.3, 0.4) is 0 Å². The number of hydrogen-bond acceptors (Lipinski definition) is 4. The van der Waals surface area contributed by atoms with E-state index in [0.29, 0.717) is 0 Å². The van der Waals surface area contributed by atoms with Crippen LogP contribution < -0.4 is 9.80 Å². The Hall–Kier alpha value is -13.0. The molecule has 2 aliphatic carbocycles. The average molecular weight is 1240 g/mol. The Morgan fingerprint density at radius 3 is 1.04 bits per heavy atom. The lowest BCUT2D eigenvalue weighted by molar-refractivity contribution is 1.29. The number of hydrogen-bond donors (Lipinski definition) is 0. The van der Waals surface area contributed by atoms with Gasteiger partial charge in [-0.25, -0.2) is 0 Å². The average Bonchev–Trinajstić information content (AvgIpc) is 1.54. The monoisotopic (exact) mass is 1240 g/mol. The summed E-state index contributed by atoms with van der Waals surface area (Å²) in [5.41, 5.74) is 30.3. The summed E-state index contributed by atoms with van der Waals surface area (Å²) in [7, 11) is 0. The van der Waals surface area contributed by atoms with E-state index in [-0.39, 0.29) is 0 Å². The van der Waals surface area contributed by atoms with Gasteiger partial charge < -0.3 is 9.80 Å². The first-order chi connectivity index (χ1) is 48.7. The van der Waals surface area contributed by atoms with E-state index in [1.165, 1.54) is 132 Å². The second kappa shape index (κ2) is 22.3. The summed E-state index contributed by atoms with van der Waals surface area (Å²) in [5, 5.41) is 11.9. The molecular formula is C94H58N4. The first-order valence-electron chi connectivity index (χ1n) is 33.7. The van der Waals surface area contributed by atoms with Gasteiger partial charge in [0.05, 0.1) is 33.8 Å². The molecule has 0 aliphatic heterocycles. The maximum absolute atomic E-state index is 5.24. The number of para-hydroxylation sites is 2. The predicted molar refractivity (Wildman–Crippen MR) is 412 cm³/mol. The number of benzene rings is 16. The molecule has 0 N–H and O–H groups in total. The lowest BCUT2D eigenvalue weighted by Gasteiger charge is -2.28. The summed E-state index contributed by atoms with van der Waals surface area (Å²) in [6, 6.07) is 125. The third-order valence-corrected chi connectivity index (χ3v) is 20.6. The molecule has 2 aromatic heterocycles. The summed E-state index contributed by atoms with van der Waals surface area (Å²) in [6.07, 6.45) is 3.87. The van der Waals surface area contributed by atoms with Gasteiger partial charge in [0, 0.05) is 45.3 Å². The first kappa shape index (κ1) is 55.4. The zero-order valence-corrected chi connectivity index (χ0v) is 53.3. The summed E-state index contributed by atoms with van der Waals surface area (Å²) >= 11 is 0. The van der Waals surface area contributed by atoms with E-state index in [1.807, 2.05) is 18.5 Å². The van der Waals surface area contributed by atoms with Crippen LogP contribution in [-0.2, 0) is 0 Å². The van der Waals surface area contributed by atoms with Crippen molar-refractivity contribution in [2.75, 3.05) is 9.80 Å². The van der Waals surface area contributed by atoms with Crippen LogP contribution >= 0.6 is 0 Å². The molecule has 0 amide bonds. The fourth-order valence-corrected chi connectivity index (χ4v) is 16.6. The molecule has 16 aromatic carbocycles. The van der Waals surface area contributed by atoms with Crippen LogP contribution in [0.2, 0.25) is 0 Å². The molecule has 0 bridgehead atoms. The summed E-state index contributed by atoms with van der Waals surface area (Å²) in [4.78, 5) is 14.9. The topological polar surface area (TPSA) is 32.3 Å². The Bertz CT molecular complexity index is 6180. The number of aromatic nitrogens is 2. The Labute approximate surface area is 567 Å². The summed E-state index contributed by atoms with van der Waals surface area (Å²) in [6.45, 7) is 0. The molecule has 20 rings (SSSR count). The maximum Gasteiger partial charge on any atom is 0.0729 e. The molecule has 2 aliphatic rings. The van der Waals surface area contributed by atoms with Gasteiger partial charge in [-0.15, -0.1) is 0 Å². The van der Waals surface area contributed by atoms with Crippen LogP contribution in [0.5, 0.6) is 0 Å². The van der Waals surface area contributed by atoms with E-state index in [4.69, 9.17) is 9.97 Å².